The molecule has 1 fully saturated rings. The van der Waals surface area contributed by atoms with Crippen molar-refractivity contribution in [3.8, 4) is 0 Å². The highest BCUT2D eigenvalue weighted by atomic mass is 16.5. The van der Waals surface area contributed by atoms with Crippen molar-refractivity contribution in [3.05, 3.63) is 23.8 Å². The molecule has 7 nitrogen and oxygen atoms in total. The topological polar surface area (TPSA) is 96.0 Å². The summed E-state index contributed by atoms with van der Waals surface area (Å²) in [4.78, 5) is 50.6. The monoisotopic (exact) mass is 446 g/mol. The number of methoxy groups -OCH3 is 1. The van der Waals surface area contributed by atoms with Gasteiger partial charge in [-0.2, -0.15) is 0 Å². The Labute approximate surface area is 189 Å². The third-order valence-corrected chi connectivity index (χ3v) is 8.21. The van der Waals surface area contributed by atoms with E-state index in [2.05, 4.69) is 6.58 Å². The van der Waals surface area contributed by atoms with Crippen molar-refractivity contribution < 1.29 is 33.4 Å². The molecule has 0 spiro atoms. The summed E-state index contributed by atoms with van der Waals surface area (Å²) in [6.45, 7) is 12.2. The van der Waals surface area contributed by atoms with Crippen molar-refractivity contribution in [2.75, 3.05) is 7.11 Å². The molecule has 3 rings (SSSR count). The quantitative estimate of drug-likeness (QED) is 0.369. The number of carbonyl (C=O) groups is 4. The number of allylic oxidation sites excluding steroid dienone is 1. The van der Waals surface area contributed by atoms with Gasteiger partial charge in [0.1, 0.15) is 12.2 Å². The van der Waals surface area contributed by atoms with Crippen LogP contribution in [0, 0.1) is 22.2 Å². The molecule has 176 valence electrons. The highest BCUT2D eigenvalue weighted by Gasteiger charge is 2.64. The van der Waals surface area contributed by atoms with Crippen molar-refractivity contribution in [2.45, 2.75) is 78.9 Å². The third kappa shape index (κ3) is 3.50. The lowest BCUT2D eigenvalue weighted by atomic mass is 9.46. The fourth-order valence-electron chi connectivity index (χ4n) is 6.37. The van der Waals surface area contributed by atoms with Crippen molar-refractivity contribution in [1.29, 1.82) is 0 Å². The Kier molecular flexibility index (Phi) is 6.17. The predicted molar refractivity (Wildman–Crippen MR) is 116 cm³/mol. The van der Waals surface area contributed by atoms with Crippen LogP contribution in [0.5, 0.6) is 0 Å². The van der Waals surface area contributed by atoms with Crippen LogP contribution < -0.4 is 0 Å². The Balaban J connectivity index is 2.28. The number of carbonyl (C=O) groups excluding carboxylic acids is 4. The van der Waals surface area contributed by atoms with Gasteiger partial charge in [0.2, 0.25) is 0 Å². The lowest BCUT2D eigenvalue weighted by molar-refractivity contribution is -0.185. The molecule has 3 aliphatic rings. The minimum Gasteiger partial charge on any atom is -0.469 e. The van der Waals surface area contributed by atoms with Crippen molar-refractivity contribution in [3.63, 3.8) is 0 Å². The predicted octanol–water partition coefficient (Wildman–Crippen LogP) is 3.70. The second-order valence-electron chi connectivity index (χ2n) is 10.1. The van der Waals surface area contributed by atoms with Crippen LogP contribution in [0.2, 0.25) is 0 Å². The molecule has 0 aromatic heterocycles. The van der Waals surface area contributed by atoms with Gasteiger partial charge >= 0.3 is 17.9 Å². The minimum atomic E-state index is -0.876. The summed E-state index contributed by atoms with van der Waals surface area (Å²) in [5.41, 5.74) is -1.11. The van der Waals surface area contributed by atoms with E-state index in [1.165, 1.54) is 21.0 Å². The van der Waals surface area contributed by atoms with Crippen LogP contribution in [0.4, 0.5) is 0 Å². The van der Waals surface area contributed by atoms with Crippen LogP contribution in [0.1, 0.15) is 66.7 Å². The molecule has 6 atom stereocenters. The van der Waals surface area contributed by atoms with Crippen LogP contribution in [-0.4, -0.2) is 43.0 Å². The first-order valence-corrected chi connectivity index (χ1v) is 11.2. The molecule has 0 N–H and O–H groups in total. The van der Waals surface area contributed by atoms with Gasteiger partial charge in [-0.25, -0.2) is 0 Å². The van der Waals surface area contributed by atoms with Crippen LogP contribution in [0.25, 0.3) is 0 Å². The maximum Gasteiger partial charge on any atom is 0.311 e. The number of rotatable bonds is 4. The maximum absolute atomic E-state index is 13.7. The van der Waals surface area contributed by atoms with E-state index in [0.29, 0.717) is 31.3 Å². The second kappa shape index (κ2) is 8.16. The summed E-state index contributed by atoms with van der Waals surface area (Å²) < 4.78 is 16.6. The van der Waals surface area contributed by atoms with E-state index in [1.807, 2.05) is 20.8 Å². The van der Waals surface area contributed by atoms with Crippen LogP contribution in [0.3, 0.4) is 0 Å². The smallest absolute Gasteiger partial charge is 0.311 e. The standard InChI is InChI=1S/C25H34O7/c1-8-23(4)11-9-16-20(21(23)28)17(31-14(2)26)13-18-24(5,22(29)30-7)12-10-19(25(16,18)6)32-15(3)27/h8,17-19H,1,9-13H2,2-7H3/t17-,18+,19+,23+,24-,25-/m1/s1. The fraction of sp³-hybridized carbons (Fsp3) is 0.680. The first-order chi connectivity index (χ1) is 14.8. The molecule has 0 aromatic carbocycles. The van der Waals surface area contributed by atoms with Crippen LogP contribution in [-0.2, 0) is 33.4 Å². The molecule has 0 saturated heterocycles. The second-order valence-corrected chi connectivity index (χ2v) is 10.1. The fourth-order valence-corrected chi connectivity index (χ4v) is 6.37. The van der Waals surface area contributed by atoms with Gasteiger partial charge in [0, 0.05) is 30.3 Å². The van der Waals surface area contributed by atoms with E-state index < -0.39 is 40.4 Å². The largest absolute Gasteiger partial charge is 0.469 e. The summed E-state index contributed by atoms with van der Waals surface area (Å²) >= 11 is 0. The Hall–Kier alpha value is -2.44. The summed E-state index contributed by atoms with van der Waals surface area (Å²) in [5.74, 6) is -1.70. The molecule has 0 bridgehead atoms. The van der Waals surface area contributed by atoms with Crippen LogP contribution >= 0.6 is 0 Å². The molecule has 1 saturated carbocycles. The zero-order valence-corrected chi connectivity index (χ0v) is 19.9. The number of esters is 3. The van der Waals surface area contributed by atoms with Crippen molar-refractivity contribution >= 4 is 23.7 Å². The lowest BCUT2D eigenvalue weighted by Gasteiger charge is -2.59. The number of fused-ring (bicyclic) bond motifs is 2. The maximum atomic E-state index is 13.7. The Morgan fingerprint density at radius 3 is 2.22 bits per heavy atom. The van der Waals surface area contributed by atoms with Gasteiger partial charge in [-0.3, -0.25) is 19.2 Å². The molecular formula is C25H34O7. The summed E-state index contributed by atoms with van der Waals surface area (Å²) in [6.07, 6.45) is 2.71. The van der Waals surface area contributed by atoms with Crippen molar-refractivity contribution in [2.24, 2.45) is 22.2 Å². The number of ether oxygens (including phenoxy) is 3. The van der Waals surface area contributed by atoms with E-state index >= 15 is 0 Å². The van der Waals surface area contributed by atoms with E-state index in [9.17, 15) is 19.2 Å². The minimum absolute atomic E-state index is 0.119. The number of hydrogen-bond acceptors (Lipinski definition) is 7. The molecule has 7 heteroatoms. The SMILES string of the molecule is C=C[C@@]1(C)CCC2=C(C1=O)[C@H](OC(C)=O)C[C@@H]1[C@]2(C)[C@@H](OC(C)=O)CC[C@@]1(C)C(=O)OC. The van der Waals surface area contributed by atoms with Gasteiger partial charge in [-0.15, -0.1) is 6.58 Å². The zero-order valence-electron chi connectivity index (χ0n) is 19.9. The van der Waals surface area contributed by atoms with E-state index in [-0.39, 0.29) is 24.1 Å². The Morgan fingerprint density at radius 1 is 1.06 bits per heavy atom. The van der Waals surface area contributed by atoms with Gasteiger partial charge < -0.3 is 14.2 Å². The lowest BCUT2D eigenvalue weighted by Crippen LogP contribution is -2.61. The van der Waals surface area contributed by atoms with E-state index in [4.69, 9.17) is 14.2 Å². The zero-order chi connectivity index (χ0) is 24.1. The number of Topliss-reactive ketones (excluding diaryl/α,β-unsaturated/α-hetero) is 1. The van der Waals surface area contributed by atoms with E-state index in [1.54, 1.807) is 6.08 Å². The van der Waals surface area contributed by atoms with Crippen LogP contribution in [0.15, 0.2) is 23.8 Å². The summed E-state index contributed by atoms with van der Waals surface area (Å²) in [6, 6.07) is 0. The molecule has 32 heavy (non-hydrogen) atoms. The number of hydrogen-bond donors (Lipinski definition) is 0. The average Bonchev–Trinajstić information content (AvgIpc) is 2.72. The molecular weight excluding hydrogens is 412 g/mol. The Morgan fingerprint density at radius 2 is 1.69 bits per heavy atom. The number of ketones is 1. The van der Waals surface area contributed by atoms with Gasteiger partial charge in [-0.05, 0) is 57.4 Å². The molecule has 0 aliphatic heterocycles. The third-order valence-electron chi connectivity index (χ3n) is 8.21. The van der Waals surface area contributed by atoms with Gasteiger partial charge in [0.15, 0.2) is 5.78 Å². The highest BCUT2D eigenvalue weighted by Crippen LogP contribution is 2.63. The summed E-state index contributed by atoms with van der Waals surface area (Å²) in [5, 5.41) is 0. The molecule has 0 heterocycles. The van der Waals surface area contributed by atoms with Gasteiger partial charge in [0.05, 0.1) is 12.5 Å². The highest BCUT2D eigenvalue weighted by molar-refractivity contribution is 6.04. The van der Waals surface area contributed by atoms with E-state index in [0.717, 1.165) is 5.57 Å². The molecule has 3 aliphatic carbocycles. The van der Waals surface area contributed by atoms with Crippen molar-refractivity contribution in [1.82, 2.24) is 0 Å². The first-order valence-electron chi connectivity index (χ1n) is 11.2. The molecule has 0 unspecified atom stereocenters. The molecule has 0 amide bonds. The van der Waals surface area contributed by atoms with Gasteiger partial charge in [0.25, 0.3) is 0 Å². The van der Waals surface area contributed by atoms with Gasteiger partial charge in [-0.1, -0.05) is 13.0 Å². The molecule has 0 radical (unpaired) electrons. The average molecular weight is 447 g/mol. The normalized spacial score (nSPS) is 38.8. The summed E-state index contributed by atoms with van der Waals surface area (Å²) in [7, 11) is 1.36. The first kappa shape index (κ1) is 24.2. The Bertz CT molecular complexity index is 902. The molecule has 0 aromatic rings.